The van der Waals surface area contributed by atoms with Crippen molar-refractivity contribution in [1.82, 2.24) is 9.62 Å². The number of piperazine rings is 1. The van der Waals surface area contributed by atoms with E-state index in [2.05, 4.69) is 14.5 Å². The van der Waals surface area contributed by atoms with Crippen LogP contribution >= 0.6 is 0 Å². The fraction of sp³-hybridized carbons (Fsp3) is 0.533. The molecule has 1 heterocycles. The molecule has 1 saturated heterocycles. The molecule has 1 aromatic carbocycles. The standard InChI is InChI=1S/C14H22FN3O2S.CH2O2/c1-2-21(19,20)16-7-8-17-9-11-18(12-10-17)14-5-3-13(15)4-6-14;2-1-3/h3-6,16H,2,7-12H2,1H3;1H,(H,2,3). The van der Waals surface area contributed by atoms with Gasteiger partial charge in [-0.2, -0.15) is 0 Å². The summed E-state index contributed by atoms with van der Waals surface area (Å²) in [6.45, 7) is 6.04. The molecule has 9 heteroatoms. The Labute approximate surface area is 142 Å². The lowest BCUT2D eigenvalue weighted by Crippen LogP contribution is -2.48. The molecule has 0 aromatic heterocycles. The second-order valence-corrected chi connectivity index (χ2v) is 7.30. The van der Waals surface area contributed by atoms with Crippen molar-refractivity contribution in [3.05, 3.63) is 30.1 Å². The summed E-state index contributed by atoms with van der Waals surface area (Å²) in [7, 11) is -3.10. The zero-order chi connectivity index (χ0) is 18.0. The lowest BCUT2D eigenvalue weighted by atomic mass is 10.2. The number of rotatable bonds is 6. The van der Waals surface area contributed by atoms with Crippen molar-refractivity contribution in [1.29, 1.82) is 0 Å². The van der Waals surface area contributed by atoms with Gasteiger partial charge in [0.2, 0.25) is 10.0 Å². The van der Waals surface area contributed by atoms with E-state index in [-0.39, 0.29) is 18.0 Å². The topological polar surface area (TPSA) is 90.0 Å². The number of carbonyl (C=O) groups is 1. The smallest absolute Gasteiger partial charge is 0.290 e. The van der Waals surface area contributed by atoms with Crippen LogP contribution in [-0.2, 0) is 14.8 Å². The van der Waals surface area contributed by atoms with Gasteiger partial charge in [-0.25, -0.2) is 17.5 Å². The molecule has 0 amide bonds. The van der Waals surface area contributed by atoms with E-state index in [0.29, 0.717) is 6.54 Å². The molecule has 0 unspecified atom stereocenters. The molecule has 136 valence electrons. The van der Waals surface area contributed by atoms with Crippen LogP contribution in [-0.4, -0.2) is 69.9 Å². The van der Waals surface area contributed by atoms with E-state index in [1.807, 2.05) is 0 Å². The van der Waals surface area contributed by atoms with E-state index < -0.39 is 10.0 Å². The summed E-state index contributed by atoms with van der Waals surface area (Å²) in [6.07, 6.45) is 0. The maximum absolute atomic E-state index is 12.9. The zero-order valence-electron chi connectivity index (χ0n) is 13.7. The van der Waals surface area contributed by atoms with Crippen LogP contribution < -0.4 is 9.62 Å². The molecule has 2 N–H and O–H groups in total. The minimum atomic E-state index is -3.10. The largest absolute Gasteiger partial charge is 0.483 e. The number of halogens is 1. The highest BCUT2D eigenvalue weighted by atomic mass is 32.2. The van der Waals surface area contributed by atoms with E-state index in [4.69, 9.17) is 9.90 Å². The van der Waals surface area contributed by atoms with Gasteiger partial charge in [-0.3, -0.25) is 9.69 Å². The molecule has 0 saturated carbocycles. The van der Waals surface area contributed by atoms with Crippen molar-refractivity contribution >= 4 is 22.2 Å². The van der Waals surface area contributed by atoms with Gasteiger partial charge in [0.25, 0.3) is 6.47 Å². The highest BCUT2D eigenvalue weighted by molar-refractivity contribution is 7.89. The van der Waals surface area contributed by atoms with Crippen molar-refractivity contribution in [2.45, 2.75) is 6.92 Å². The molecule has 0 aliphatic carbocycles. The Morgan fingerprint density at radius 2 is 1.75 bits per heavy atom. The number of anilines is 1. The lowest BCUT2D eigenvalue weighted by Gasteiger charge is -2.36. The molecule has 0 spiro atoms. The van der Waals surface area contributed by atoms with Crippen molar-refractivity contribution in [3.8, 4) is 0 Å². The van der Waals surface area contributed by atoms with E-state index in [1.165, 1.54) is 12.1 Å². The van der Waals surface area contributed by atoms with Crippen LogP contribution in [0.1, 0.15) is 6.92 Å². The van der Waals surface area contributed by atoms with E-state index in [9.17, 15) is 12.8 Å². The van der Waals surface area contributed by atoms with Crippen LogP contribution in [0, 0.1) is 5.82 Å². The molecule has 1 aliphatic heterocycles. The summed E-state index contributed by atoms with van der Waals surface area (Å²) < 4.78 is 38.2. The van der Waals surface area contributed by atoms with Crippen LogP contribution in [0.4, 0.5) is 10.1 Å². The van der Waals surface area contributed by atoms with Crippen LogP contribution in [0.25, 0.3) is 0 Å². The van der Waals surface area contributed by atoms with Gasteiger partial charge in [-0.05, 0) is 31.2 Å². The average Bonchev–Trinajstić information content (AvgIpc) is 2.57. The maximum Gasteiger partial charge on any atom is 0.290 e. The van der Waals surface area contributed by atoms with E-state index in [0.717, 1.165) is 38.4 Å². The minimum Gasteiger partial charge on any atom is -0.483 e. The predicted molar refractivity (Wildman–Crippen MR) is 91.2 cm³/mol. The number of carboxylic acid groups (broad SMARTS) is 1. The molecular weight excluding hydrogens is 337 g/mol. The number of nitrogens with one attached hydrogen (secondary N) is 1. The molecule has 1 fully saturated rings. The van der Waals surface area contributed by atoms with Crippen LogP contribution in [0.2, 0.25) is 0 Å². The Morgan fingerprint density at radius 1 is 1.21 bits per heavy atom. The third kappa shape index (κ3) is 7.24. The summed E-state index contributed by atoms with van der Waals surface area (Å²) in [5, 5.41) is 6.89. The number of hydrogen-bond donors (Lipinski definition) is 2. The Morgan fingerprint density at radius 3 is 2.25 bits per heavy atom. The summed E-state index contributed by atoms with van der Waals surface area (Å²) in [5.74, 6) is -0.105. The summed E-state index contributed by atoms with van der Waals surface area (Å²) in [6, 6.07) is 6.53. The lowest BCUT2D eigenvalue weighted by molar-refractivity contribution is -0.122. The van der Waals surface area contributed by atoms with Gasteiger partial charge in [-0.1, -0.05) is 0 Å². The second-order valence-electron chi connectivity index (χ2n) is 5.21. The molecule has 0 radical (unpaired) electrons. The van der Waals surface area contributed by atoms with Gasteiger partial charge in [0.05, 0.1) is 5.75 Å². The van der Waals surface area contributed by atoms with Crippen molar-refractivity contribution < 1.29 is 22.7 Å². The molecule has 24 heavy (non-hydrogen) atoms. The van der Waals surface area contributed by atoms with Crippen molar-refractivity contribution in [3.63, 3.8) is 0 Å². The Hall–Kier alpha value is -1.71. The van der Waals surface area contributed by atoms with Gasteiger partial charge >= 0.3 is 0 Å². The molecule has 0 bridgehead atoms. The Kier molecular flexibility index (Phi) is 8.66. The third-order valence-corrected chi connectivity index (χ3v) is 5.10. The first-order chi connectivity index (χ1) is 11.4. The van der Waals surface area contributed by atoms with Gasteiger partial charge < -0.3 is 10.0 Å². The van der Waals surface area contributed by atoms with Gasteiger partial charge in [-0.15, -0.1) is 0 Å². The van der Waals surface area contributed by atoms with Crippen LogP contribution in [0.3, 0.4) is 0 Å². The SMILES string of the molecule is CCS(=O)(=O)NCCN1CCN(c2ccc(F)cc2)CC1.O=CO. The quantitative estimate of drug-likeness (QED) is 0.721. The Bertz CT molecular complexity index is 587. The van der Waals surface area contributed by atoms with Crippen LogP contribution in [0.15, 0.2) is 24.3 Å². The minimum absolute atomic E-state index is 0.116. The van der Waals surface area contributed by atoms with Crippen LogP contribution in [0.5, 0.6) is 0 Å². The molecule has 7 nitrogen and oxygen atoms in total. The van der Waals surface area contributed by atoms with E-state index in [1.54, 1.807) is 19.1 Å². The average molecular weight is 361 g/mol. The zero-order valence-corrected chi connectivity index (χ0v) is 14.5. The van der Waals surface area contributed by atoms with Crippen molar-refractivity contribution in [2.24, 2.45) is 0 Å². The number of hydrogen-bond acceptors (Lipinski definition) is 5. The molecule has 1 aromatic rings. The van der Waals surface area contributed by atoms with Crippen molar-refractivity contribution in [2.75, 3.05) is 49.9 Å². The molecule has 2 rings (SSSR count). The van der Waals surface area contributed by atoms with Gasteiger partial charge in [0, 0.05) is 45.0 Å². The van der Waals surface area contributed by atoms with Gasteiger partial charge in [0.1, 0.15) is 5.82 Å². The predicted octanol–water partition coefficient (Wildman–Crippen LogP) is 0.588. The fourth-order valence-electron chi connectivity index (χ4n) is 2.34. The number of benzene rings is 1. The highest BCUT2D eigenvalue weighted by Crippen LogP contribution is 2.16. The maximum atomic E-state index is 12.9. The number of sulfonamides is 1. The second kappa shape index (κ2) is 10.2. The summed E-state index contributed by atoms with van der Waals surface area (Å²) in [4.78, 5) is 12.8. The molecule has 1 aliphatic rings. The first-order valence-electron chi connectivity index (χ1n) is 7.70. The highest BCUT2D eigenvalue weighted by Gasteiger charge is 2.17. The molecule has 0 atom stereocenters. The third-order valence-electron chi connectivity index (χ3n) is 3.69. The summed E-state index contributed by atoms with van der Waals surface area (Å²) in [5.41, 5.74) is 1.03. The monoisotopic (exact) mass is 361 g/mol. The van der Waals surface area contributed by atoms with Gasteiger partial charge in [0.15, 0.2) is 0 Å². The van der Waals surface area contributed by atoms with E-state index >= 15 is 0 Å². The normalized spacial score (nSPS) is 15.5. The fourth-order valence-corrected chi connectivity index (χ4v) is 2.95. The summed E-state index contributed by atoms with van der Waals surface area (Å²) >= 11 is 0. The molecular formula is C15H24FN3O4S. The Balaban J connectivity index is 0.000000891. The first-order valence-corrected chi connectivity index (χ1v) is 9.35. The number of nitrogens with zero attached hydrogens (tertiary/aromatic N) is 2. The first kappa shape index (κ1) is 20.3.